The van der Waals surface area contributed by atoms with Crippen molar-refractivity contribution in [3.8, 4) is 0 Å². The molecule has 1 unspecified atom stereocenters. The Kier molecular flexibility index (Phi) is 5.55. The van der Waals surface area contributed by atoms with Gasteiger partial charge in [0.15, 0.2) is 0 Å². The average Bonchev–Trinajstić information content (AvgIpc) is 2.74. The molecule has 1 atom stereocenters. The second-order valence-corrected chi connectivity index (χ2v) is 7.26. The Morgan fingerprint density at radius 1 is 1.38 bits per heavy atom. The highest BCUT2D eigenvalue weighted by Gasteiger charge is 2.33. The second kappa shape index (κ2) is 7.11. The molecule has 0 aliphatic carbocycles. The van der Waals surface area contributed by atoms with Crippen LogP contribution in [0.5, 0.6) is 0 Å². The van der Waals surface area contributed by atoms with E-state index in [9.17, 15) is 9.18 Å². The molecule has 132 valence electrons. The van der Waals surface area contributed by atoms with Gasteiger partial charge in [0.1, 0.15) is 11.9 Å². The molecule has 24 heavy (non-hydrogen) atoms. The molecule has 1 saturated heterocycles. The number of anilines is 1. The van der Waals surface area contributed by atoms with Crippen LogP contribution in [0.4, 0.5) is 14.9 Å². The lowest BCUT2D eigenvalue weighted by molar-refractivity contribution is 0.0753. The van der Waals surface area contributed by atoms with Gasteiger partial charge < -0.3 is 14.0 Å². The van der Waals surface area contributed by atoms with Crippen molar-refractivity contribution >= 4 is 24.4 Å². The number of amides is 1. The molecule has 1 fully saturated rings. The molecule has 0 N–H and O–H groups in total. The van der Waals surface area contributed by atoms with Crippen LogP contribution in [0.1, 0.15) is 41.5 Å². The Bertz CT molecular complexity index is 603. The number of carbonyl (C=O) groups excluding carboxylic acids is 1. The Hall–Kier alpha value is -1.60. The highest BCUT2D eigenvalue weighted by molar-refractivity contribution is 6.61. The fourth-order valence-electron chi connectivity index (χ4n) is 2.42. The number of ether oxygens (including phenoxy) is 1. The zero-order chi connectivity index (χ0) is 18.1. The molecule has 1 aliphatic rings. The Morgan fingerprint density at radius 2 is 2.04 bits per heavy atom. The number of hydrogen-bond donors (Lipinski definition) is 0. The summed E-state index contributed by atoms with van der Waals surface area (Å²) in [4.78, 5) is 13.2. The maximum atomic E-state index is 14.7. The molecular weight excluding hydrogens is 312 g/mol. The molecule has 0 aromatic heterocycles. The minimum absolute atomic E-state index is 0.120. The summed E-state index contributed by atoms with van der Waals surface area (Å²) in [6, 6.07) is 4.59. The summed E-state index contributed by atoms with van der Waals surface area (Å²) in [6.07, 6.45) is -0.789. The lowest BCUT2D eigenvalue weighted by Gasteiger charge is -2.27. The van der Waals surface area contributed by atoms with Crippen molar-refractivity contribution in [2.75, 3.05) is 11.4 Å². The van der Waals surface area contributed by atoms with Crippen molar-refractivity contribution in [3.05, 3.63) is 24.0 Å². The monoisotopic (exact) mass is 337 g/mol. The SMILES string of the molecule is CC(C)OB(OC(C)(C)C)c1ccc(N2CC(C)OC2=O)cc1F. The fraction of sp³-hybridized carbons (Fsp3) is 0.588. The smallest absolute Gasteiger partial charge is 0.444 e. The van der Waals surface area contributed by atoms with Crippen LogP contribution >= 0.6 is 0 Å². The van der Waals surface area contributed by atoms with Crippen LogP contribution in [0.3, 0.4) is 0 Å². The average molecular weight is 337 g/mol. The van der Waals surface area contributed by atoms with Gasteiger partial charge in [-0.15, -0.1) is 0 Å². The maximum absolute atomic E-state index is 14.7. The van der Waals surface area contributed by atoms with Crippen LogP contribution in [0.15, 0.2) is 18.2 Å². The first-order valence-corrected chi connectivity index (χ1v) is 8.17. The van der Waals surface area contributed by atoms with E-state index in [-0.39, 0.29) is 12.2 Å². The van der Waals surface area contributed by atoms with Gasteiger partial charge in [-0.05, 0) is 53.7 Å². The minimum atomic E-state index is -0.816. The quantitative estimate of drug-likeness (QED) is 0.775. The van der Waals surface area contributed by atoms with Gasteiger partial charge in [-0.3, -0.25) is 4.90 Å². The van der Waals surface area contributed by atoms with E-state index in [0.717, 1.165) is 0 Å². The van der Waals surface area contributed by atoms with E-state index in [1.807, 2.05) is 34.6 Å². The largest absolute Gasteiger partial charge is 0.497 e. The van der Waals surface area contributed by atoms with Crippen molar-refractivity contribution in [1.29, 1.82) is 0 Å². The van der Waals surface area contributed by atoms with Gasteiger partial charge in [0.05, 0.1) is 12.2 Å². The van der Waals surface area contributed by atoms with Gasteiger partial charge in [0.25, 0.3) is 0 Å². The van der Waals surface area contributed by atoms with Gasteiger partial charge in [-0.25, -0.2) is 9.18 Å². The summed E-state index contributed by atoms with van der Waals surface area (Å²) >= 11 is 0. The molecule has 1 amide bonds. The first-order valence-electron chi connectivity index (χ1n) is 8.17. The molecule has 2 rings (SSSR count). The number of hydrogen-bond acceptors (Lipinski definition) is 4. The first kappa shape index (κ1) is 18.7. The summed E-state index contributed by atoms with van der Waals surface area (Å²) in [6.45, 7) is 11.6. The zero-order valence-electron chi connectivity index (χ0n) is 15.1. The predicted molar refractivity (Wildman–Crippen MR) is 92.1 cm³/mol. The third-order valence-electron chi connectivity index (χ3n) is 3.37. The van der Waals surface area contributed by atoms with E-state index in [1.165, 1.54) is 11.0 Å². The van der Waals surface area contributed by atoms with Crippen molar-refractivity contribution in [2.45, 2.75) is 59.4 Å². The molecule has 5 nitrogen and oxygen atoms in total. The Morgan fingerprint density at radius 3 is 2.50 bits per heavy atom. The number of nitrogens with zero attached hydrogens (tertiary/aromatic N) is 1. The normalized spacial score (nSPS) is 18.2. The van der Waals surface area contributed by atoms with Gasteiger partial charge in [0.2, 0.25) is 0 Å². The minimum Gasteiger partial charge on any atom is -0.444 e. The third-order valence-corrected chi connectivity index (χ3v) is 3.37. The molecule has 1 aromatic rings. The first-order chi connectivity index (χ1) is 11.1. The lowest BCUT2D eigenvalue weighted by atomic mass is 9.77. The fourth-order valence-corrected chi connectivity index (χ4v) is 2.42. The van der Waals surface area contributed by atoms with Crippen LogP contribution in [0.2, 0.25) is 0 Å². The van der Waals surface area contributed by atoms with Gasteiger partial charge >= 0.3 is 13.2 Å². The number of benzene rings is 1. The van der Waals surface area contributed by atoms with Gasteiger partial charge in [-0.2, -0.15) is 0 Å². The van der Waals surface area contributed by atoms with Crippen LogP contribution in [-0.4, -0.2) is 37.6 Å². The van der Waals surface area contributed by atoms with E-state index < -0.39 is 24.6 Å². The standard InChI is InChI=1S/C17H25BFNO4/c1-11(2)23-18(24-17(4,5)6)14-8-7-13(9-15(14)19)20-10-12(3)22-16(20)21/h7-9,11-12H,10H2,1-6H3. The highest BCUT2D eigenvalue weighted by atomic mass is 19.1. The maximum Gasteiger partial charge on any atom is 0.497 e. The summed E-state index contributed by atoms with van der Waals surface area (Å²) in [5.41, 5.74) is 0.284. The van der Waals surface area contributed by atoms with Gasteiger partial charge in [-0.1, -0.05) is 6.07 Å². The molecule has 1 aliphatic heterocycles. The lowest BCUT2D eigenvalue weighted by Crippen LogP contribution is -2.45. The van der Waals surface area contributed by atoms with Crippen LogP contribution < -0.4 is 10.4 Å². The van der Waals surface area contributed by atoms with E-state index in [0.29, 0.717) is 17.7 Å². The number of rotatable bonds is 5. The molecular formula is C17H25BFNO4. The summed E-state index contributed by atoms with van der Waals surface area (Å²) in [5.74, 6) is -0.477. The topological polar surface area (TPSA) is 48.0 Å². The molecule has 0 saturated carbocycles. The van der Waals surface area contributed by atoms with Crippen molar-refractivity contribution in [1.82, 2.24) is 0 Å². The molecule has 7 heteroatoms. The molecule has 1 heterocycles. The third kappa shape index (κ3) is 4.71. The summed E-state index contributed by atoms with van der Waals surface area (Å²) in [7, 11) is -0.816. The van der Waals surface area contributed by atoms with Gasteiger partial charge in [0, 0.05) is 17.2 Å². The Labute approximate surface area is 143 Å². The Balaban J connectivity index is 2.27. The van der Waals surface area contributed by atoms with Crippen LogP contribution in [0, 0.1) is 5.82 Å². The number of halogens is 1. The number of cyclic esters (lactones) is 1. The van der Waals surface area contributed by atoms with Crippen LogP contribution in [-0.2, 0) is 14.0 Å². The number of carbonyl (C=O) groups is 1. The van der Waals surface area contributed by atoms with E-state index in [2.05, 4.69) is 0 Å². The summed E-state index contributed by atoms with van der Waals surface area (Å²) < 4.78 is 31.3. The molecule has 0 spiro atoms. The van der Waals surface area contributed by atoms with E-state index >= 15 is 0 Å². The van der Waals surface area contributed by atoms with Crippen LogP contribution in [0.25, 0.3) is 0 Å². The molecule has 1 aromatic carbocycles. The van der Waals surface area contributed by atoms with E-state index in [4.69, 9.17) is 14.0 Å². The summed E-state index contributed by atoms with van der Waals surface area (Å²) in [5, 5.41) is 0. The predicted octanol–water partition coefficient (Wildman–Crippen LogP) is 3.11. The van der Waals surface area contributed by atoms with Crippen molar-refractivity contribution in [3.63, 3.8) is 0 Å². The van der Waals surface area contributed by atoms with Crippen molar-refractivity contribution < 1.29 is 23.2 Å². The zero-order valence-corrected chi connectivity index (χ0v) is 15.1. The molecule has 0 radical (unpaired) electrons. The highest BCUT2D eigenvalue weighted by Crippen LogP contribution is 2.22. The molecule has 0 bridgehead atoms. The van der Waals surface area contributed by atoms with Crippen molar-refractivity contribution in [2.24, 2.45) is 0 Å². The van der Waals surface area contributed by atoms with E-state index in [1.54, 1.807) is 19.1 Å². The second-order valence-electron chi connectivity index (χ2n) is 7.26.